The summed E-state index contributed by atoms with van der Waals surface area (Å²) in [5.74, 6) is -0.234. The Morgan fingerprint density at radius 3 is 2.42 bits per heavy atom. The fraction of sp³-hybridized carbons (Fsp3) is 0.316. The molecule has 0 spiro atoms. The van der Waals surface area contributed by atoms with Crippen molar-refractivity contribution in [3.8, 4) is 0 Å². The molecular formula is C19H23ClN2O3S. The first kappa shape index (κ1) is 20.3. The van der Waals surface area contributed by atoms with Gasteiger partial charge in [-0.2, -0.15) is 0 Å². The highest BCUT2D eigenvalue weighted by molar-refractivity contribution is 7.92. The number of rotatable bonds is 7. The standard InChI is InChI=1S/C19H23ClN2O3S/c1-14-8-9-17(12-15(14)2)22(26(3,24)25)11-10-19(23)21-13-16-6-4-5-7-18(16)20/h4-9,12H,10-11,13H2,1-3H3,(H,21,23). The number of aryl methyl sites for hydroxylation is 2. The monoisotopic (exact) mass is 394 g/mol. The molecule has 0 aliphatic rings. The minimum atomic E-state index is -3.48. The summed E-state index contributed by atoms with van der Waals surface area (Å²) >= 11 is 6.06. The van der Waals surface area contributed by atoms with Crippen molar-refractivity contribution >= 4 is 33.2 Å². The van der Waals surface area contributed by atoms with Crippen LogP contribution < -0.4 is 9.62 Å². The lowest BCUT2D eigenvalue weighted by atomic mass is 10.1. The van der Waals surface area contributed by atoms with Gasteiger partial charge in [0.15, 0.2) is 0 Å². The fourth-order valence-electron chi connectivity index (χ4n) is 2.49. The second-order valence-electron chi connectivity index (χ2n) is 6.22. The van der Waals surface area contributed by atoms with Crippen LogP contribution in [0.3, 0.4) is 0 Å². The largest absolute Gasteiger partial charge is 0.352 e. The summed E-state index contributed by atoms with van der Waals surface area (Å²) < 4.78 is 25.5. The van der Waals surface area contributed by atoms with Crippen LogP contribution in [0.25, 0.3) is 0 Å². The van der Waals surface area contributed by atoms with Gasteiger partial charge in [-0.05, 0) is 48.7 Å². The molecule has 2 rings (SSSR count). The molecule has 26 heavy (non-hydrogen) atoms. The highest BCUT2D eigenvalue weighted by Crippen LogP contribution is 2.21. The molecule has 0 aliphatic carbocycles. The summed E-state index contributed by atoms with van der Waals surface area (Å²) in [6, 6.07) is 12.7. The van der Waals surface area contributed by atoms with Gasteiger partial charge in [0.05, 0.1) is 11.9 Å². The molecule has 5 nitrogen and oxygen atoms in total. The first-order chi connectivity index (χ1) is 12.2. The highest BCUT2D eigenvalue weighted by Gasteiger charge is 2.19. The number of nitrogens with zero attached hydrogens (tertiary/aromatic N) is 1. The van der Waals surface area contributed by atoms with Crippen LogP contribution in [0.4, 0.5) is 5.69 Å². The van der Waals surface area contributed by atoms with Crippen molar-refractivity contribution in [3.05, 3.63) is 64.2 Å². The summed E-state index contributed by atoms with van der Waals surface area (Å²) in [6.45, 7) is 4.28. The van der Waals surface area contributed by atoms with E-state index >= 15 is 0 Å². The topological polar surface area (TPSA) is 66.5 Å². The number of halogens is 1. The van der Waals surface area contributed by atoms with E-state index in [1.54, 1.807) is 12.1 Å². The van der Waals surface area contributed by atoms with E-state index in [0.29, 0.717) is 17.3 Å². The van der Waals surface area contributed by atoms with Crippen molar-refractivity contribution in [2.24, 2.45) is 0 Å². The number of nitrogens with one attached hydrogen (secondary N) is 1. The predicted octanol–water partition coefficient (Wildman–Crippen LogP) is 3.43. The molecule has 2 aromatic carbocycles. The Kier molecular flexibility index (Phi) is 6.67. The number of hydrogen-bond donors (Lipinski definition) is 1. The van der Waals surface area contributed by atoms with E-state index in [0.717, 1.165) is 22.9 Å². The van der Waals surface area contributed by atoms with Crippen LogP contribution >= 0.6 is 11.6 Å². The molecule has 0 bridgehead atoms. The Morgan fingerprint density at radius 2 is 1.81 bits per heavy atom. The summed E-state index contributed by atoms with van der Waals surface area (Å²) in [4.78, 5) is 12.1. The molecule has 0 aromatic heterocycles. The van der Waals surface area contributed by atoms with Crippen LogP contribution in [0.15, 0.2) is 42.5 Å². The number of carbonyl (C=O) groups is 1. The Labute approximate surface area is 160 Å². The van der Waals surface area contributed by atoms with Crippen molar-refractivity contribution in [3.63, 3.8) is 0 Å². The van der Waals surface area contributed by atoms with Crippen LogP contribution in [0, 0.1) is 13.8 Å². The third-order valence-electron chi connectivity index (χ3n) is 4.15. The van der Waals surface area contributed by atoms with Crippen molar-refractivity contribution in [1.82, 2.24) is 5.32 Å². The SMILES string of the molecule is Cc1ccc(N(CCC(=O)NCc2ccccc2Cl)S(C)(=O)=O)cc1C. The Morgan fingerprint density at radius 1 is 1.12 bits per heavy atom. The molecule has 140 valence electrons. The van der Waals surface area contributed by atoms with Crippen molar-refractivity contribution in [1.29, 1.82) is 0 Å². The number of benzene rings is 2. The number of anilines is 1. The lowest BCUT2D eigenvalue weighted by molar-refractivity contribution is -0.121. The minimum absolute atomic E-state index is 0.0600. The van der Waals surface area contributed by atoms with Crippen LogP contribution in [0.1, 0.15) is 23.1 Å². The molecule has 0 saturated heterocycles. The second-order valence-corrected chi connectivity index (χ2v) is 8.54. The Balaban J connectivity index is 2.02. The van der Waals surface area contributed by atoms with Gasteiger partial charge < -0.3 is 5.32 Å². The van der Waals surface area contributed by atoms with Crippen LogP contribution in [-0.4, -0.2) is 27.1 Å². The third kappa shape index (κ3) is 5.47. The maximum atomic E-state index is 12.1. The van der Waals surface area contributed by atoms with Crippen molar-refractivity contribution in [2.75, 3.05) is 17.1 Å². The Hall–Kier alpha value is -2.05. The van der Waals surface area contributed by atoms with Gasteiger partial charge in [0.25, 0.3) is 0 Å². The summed E-state index contributed by atoms with van der Waals surface area (Å²) in [7, 11) is -3.48. The zero-order valence-corrected chi connectivity index (χ0v) is 16.7. The molecule has 1 N–H and O–H groups in total. The molecule has 1 amide bonds. The zero-order valence-electron chi connectivity index (χ0n) is 15.1. The van der Waals surface area contributed by atoms with Gasteiger partial charge in [-0.25, -0.2) is 8.42 Å². The van der Waals surface area contributed by atoms with Crippen molar-refractivity contribution < 1.29 is 13.2 Å². The maximum Gasteiger partial charge on any atom is 0.232 e. The second kappa shape index (κ2) is 8.56. The van der Waals surface area contributed by atoms with E-state index in [1.165, 1.54) is 4.31 Å². The first-order valence-corrected chi connectivity index (χ1v) is 10.5. The molecule has 0 heterocycles. The summed E-state index contributed by atoms with van der Waals surface area (Å²) in [5.41, 5.74) is 3.46. The average molecular weight is 395 g/mol. The van der Waals surface area contributed by atoms with Gasteiger partial charge in [-0.1, -0.05) is 35.9 Å². The van der Waals surface area contributed by atoms with Gasteiger partial charge in [0, 0.05) is 24.5 Å². The molecule has 0 radical (unpaired) electrons. The quantitative estimate of drug-likeness (QED) is 0.782. The fourth-order valence-corrected chi connectivity index (χ4v) is 3.62. The van der Waals surface area contributed by atoms with E-state index in [4.69, 9.17) is 11.6 Å². The lowest BCUT2D eigenvalue weighted by Gasteiger charge is -2.23. The highest BCUT2D eigenvalue weighted by atomic mass is 35.5. The third-order valence-corrected chi connectivity index (χ3v) is 5.72. The van der Waals surface area contributed by atoms with E-state index in [9.17, 15) is 13.2 Å². The predicted molar refractivity (Wildman–Crippen MR) is 106 cm³/mol. The van der Waals surface area contributed by atoms with E-state index in [-0.39, 0.29) is 18.9 Å². The van der Waals surface area contributed by atoms with Crippen LogP contribution in [0.2, 0.25) is 5.02 Å². The number of sulfonamides is 1. The maximum absolute atomic E-state index is 12.1. The van der Waals surface area contributed by atoms with E-state index in [2.05, 4.69) is 5.32 Å². The van der Waals surface area contributed by atoms with E-state index in [1.807, 2.05) is 44.2 Å². The smallest absolute Gasteiger partial charge is 0.232 e. The number of hydrogen-bond acceptors (Lipinski definition) is 3. The average Bonchev–Trinajstić information content (AvgIpc) is 2.56. The van der Waals surface area contributed by atoms with Crippen LogP contribution in [0.5, 0.6) is 0 Å². The first-order valence-electron chi connectivity index (χ1n) is 8.23. The number of carbonyl (C=O) groups excluding carboxylic acids is 1. The normalized spacial score (nSPS) is 11.2. The molecule has 2 aromatic rings. The van der Waals surface area contributed by atoms with Gasteiger partial charge in [-0.3, -0.25) is 9.10 Å². The van der Waals surface area contributed by atoms with Gasteiger partial charge in [-0.15, -0.1) is 0 Å². The molecule has 0 fully saturated rings. The van der Waals surface area contributed by atoms with Crippen molar-refractivity contribution in [2.45, 2.75) is 26.8 Å². The summed E-state index contributed by atoms with van der Waals surface area (Å²) in [6.07, 6.45) is 1.20. The Bertz CT molecular complexity index is 897. The van der Waals surface area contributed by atoms with Gasteiger partial charge in [0.2, 0.25) is 15.9 Å². The van der Waals surface area contributed by atoms with Gasteiger partial charge >= 0.3 is 0 Å². The minimum Gasteiger partial charge on any atom is -0.352 e. The zero-order chi connectivity index (χ0) is 19.3. The molecule has 0 saturated carbocycles. The van der Waals surface area contributed by atoms with Crippen LogP contribution in [-0.2, 0) is 21.4 Å². The molecular weight excluding hydrogens is 372 g/mol. The lowest BCUT2D eigenvalue weighted by Crippen LogP contribution is -2.34. The van der Waals surface area contributed by atoms with Gasteiger partial charge in [0.1, 0.15) is 0 Å². The molecule has 0 atom stereocenters. The molecule has 0 aliphatic heterocycles. The molecule has 0 unspecified atom stereocenters. The van der Waals surface area contributed by atoms with E-state index < -0.39 is 10.0 Å². The number of amides is 1. The molecule has 7 heteroatoms. The summed E-state index contributed by atoms with van der Waals surface area (Å²) in [5, 5.41) is 3.36.